The Balaban J connectivity index is 1.55. The van der Waals surface area contributed by atoms with Gasteiger partial charge < -0.3 is 9.73 Å². The van der Waals surface area contributed by atoms with Gasteiger partial charge in [0.15, 0.2) is 0 Å². The largest absolute Gasteiger partial charge is 0.463 e. The van der Waals surface area contributed by atoms with E-state index in [1.54, 1.807) is 6.07 Å². The van der Waals surface area contributed by atoms with E-state index in [4.69, 9.17) is 4.42 Å². The van der Waals surface area contributed by atoms with E-state index in [2.05, 4.69) is 10.4 Å². The monoisotopic (exact) mass is 327 g/mol. The highest BCUT2D eigenvalue weighted by Gasteiger charge is 2.20. The summed E-state index contributed by atoms with van der Waals surface area (Å²) in [5, 5.41) is 8.10. The van der Waals surface area contributed by atoms with Gasteiger partial charge in [-0.3, -0.25) is 9.48 Å². The first kappa shape index (κ1) is 14.9. The number of furan rings is 1. The van der Waals surface area contributed by atoms with E-state index in [-0.39, 0.29) is 11.7 Å². The lowest BCUT2D eigenvalue weighted by molar-refractivity contribution is 0.0950. The number of fused-ring (bicyclic) bond motifs is 2. The minimum absolute atomic E-state index is 0.230. The SMILES string of the molecule is Cn1nc2c(c1CNC(=O)c1coc3cc(F)ccc13)CCCC2. The summed E-state index contributed by atoms with van der Waals surface area (Å²) < 4.78 is 20.4. The van der Waals surface area contributed by atoms with E-state index < -0.39 is 0 Å². The molecule has 5 nitrogen and oxygen atoms in total. The zero-order valence-electron chi connectivity index (χ0n) is 13.4. The van der Waals surface area contributed by atoms with Crippen LogP contribution in [-0.2, 0) is 26.4 Å². The lowest BCUT2D eigenvalue weighted by Crippen LogP contribution is -2.24. The summed E-state index contributed by atoms with van der Waals surface area (Å²) in [6.45, 7) is 0.422. The fourth-order valence-corrected chi connectivity index (χ4v) is 3.41. The lowest BCUT2D eigenvalue weighted by atomic mass is 9.96. The molecule has 0 saturated heterocycles. The van der Waals surface area contributed by atoms with Gasteiger partial charge in [0.05, 0.1) is 23.5 Å². The van der Waals surface area contributed by atoms with Gasteiger partial charge in [0, 0.05) is 18.5 Å². The molecule has 0 unspecified atom stereocenters. The molecule has 1 N–H and O–H groups in total. The third-order valence-electron chi connectivity index (χ3n) is 4.65. The van der Waals surface area contributed by atoms with Gasteiger partial charge in [-0.1, -0.05) is 0 Å². The van der Waals surface area contributed by atoms with Gasteiger partial charge in [0.1, 0.15) is 17.7 Å². The maximum absolute atomic E-state index is 13.2. The minimum Gasteiger partial charge on any atom is -0.463 e. The Kier molecular flexibility index (Phi) is 3.59. The van der Waals surface area contributed by atoms with Crippen molar-refractivity contribution in [3.63, 3.8) is 0 Å². The van der Waals surface area contributed by atoms with E-state index in [9.17, 15) is 9.18 Å². The molecule has 1 aliphatic carbocycles. The number of aryl methyl sites for hydroxylation is 2. The van der Waals surface area contributed by atoms with E-state index in [1.165, 1.54) is 30.4 Å². The molecule has 4 rings (SSSR count). The van der Waals surface area contributed by atoms with Crippen LogP contribution >= 0.6 is 0 Å². The van der Waals surface area contributed by atoms with Gasteiger partial charge in [-0.2, -0.15) is 5.10 Å². The molecule has 0 atom stereocenters. The van der Waals surface area contributed by atoms with Crippen LogP contribution in [0.4, 0.5) is 4.39 Å². The maximum atomic E-state index is 13.2. The van der Waals surface area contributed by atoms with Gasteiger partial charge in [-0.15, -0.1) is 0 Å². The standard InChI is InChI=1S/C18H18FN3O2/c1-22-16(13-4-2-3-5-15(13)21-22)9-20-18(23)14-10-24-17-8-11(19)6-7-12(14)17/h6-8,10H,2-5,9H2,1H3,(H,20,23). The van der Waals surface area contributed by atoms with E-state index in [1.807, 2.05) is 11.7 Å². The molecule has 3 aromatic rings. The zero-order chi connectivity index (χ0) is 16.7. The molecule has 0 aliphatic heterocycles. The van der Waals surface area contributed by atoms with Gasteiger partial charge in [-0.05, 0) is 43.4 Å². The molecule has 0 fully saturated rings. The second-order valence-electron chi connectivity index (χ2n) is 6.18. The number of carbonyl (C=O) groups is 1. The summed E-state index contributed by atoms with van der Waals surface area (Å²) in [7, 11) is 1.91. The molecule has 1 amide bonds. The number of hydrogen-bond acceptors (Lipinski definition) is 3. The highest BCUT2D eigenvalue weighted by molar-refractivity contribution is 6.05. The van der Waals surface area contributed by atoms with Crippen molar-refractivity contribution in [1.82, 2.24) is 15.1 Å². The second-order valence-corrected chi connectivity index (χ2v) is 6.18. The van der Waals surface area contributed by atoms with Gasteiger partial charge in [-0.25, -0.2) is 4.39 Å². The van der Waals surface area contributed by atoms with Crippen molar-refractivity contribution in [3.8, 4) is 0 Å². The van der Waals surface area contributed by atoms with Crippen molar-refractivity contribution < 1.29 is 13.6 Å². The van der Waals surface area contributed by atoms with Crippen molar-refractivity contribution in [3.05, 3.63) is 52.8 Å². The summed E-state index contributed by atoms with van der Waals surface area (Å²) in [6, 6.07) is 4.17. The third-order valence-corrected chi connectivity index (χ3v) is 4.65. The Labute approximate surface area is 138 Å². The zero-order valence-corrected chi connectivity index (χ0v) is 13.4. The minimum atomic E-state index is -0.384. The predicted molar refractivity (Wildman–Crippen MR) is 87.2 cm³/mol. The fourth-order valence-electron chi connectivity index (χ4n) is 3.41. The van der Waals surface area contributed by atoms with Crippen molar-refractivity contribution in [2.45, 2.75) is 32.2 Å². The van der Waals surface area contributed by atoms with Gasteiger partial charge >= 0.3 is 0 Å². The van der Waals surface area contributed by atoms with Crippen LogP contribution in [0.15, 0.2) is 28.9 Å². The molecule has 2 aromatic heterocycles. The molecule has 0 radical (unpaired) electrons. The number of benzene rings is 1. The number of aromatic nitrogens is 2. The fraction of sp³-hybridized carbons (Fsp3) is 0.333. The molecule has 0 spiro atoms. The van der Waals surface area contributed by atoms with E-state index in [0.29, 0.717) is 23.1 Å². The van der Waals surface area contributed by atoms with Crippen LogP contribution in [0.5, 0.6) is 0 Å². The van der Waals surface area contributed by atoms with Crippen molar-refractivity contribution >= 4 is 16.9 Å². The first-order valence-corrected chi connectivity index (χ1v) is 8.12. The molecule has 124 valence electrons. The summed E-state index contributed by atoms with van der Waals surface area (Å²) in [5.74, 6) is -0.614. The van der Waals surface area contributed by atoms with E-state index in [0.717, 1.165) is 30.7 Å². The van der Waals surface area contributed by atoms with Crippen LogP contribution < -0.4 is 5.32 Å². The Morgan fingerprint density at radius 1 is 1.38 bits per heavy atom. The Bertz CT molecular complexity index is 926. The second kappa shape index (κ2) is 5.78. The van der Waals surface area contributed by atoms with Crippen molar-refractivity contribution in [2.24, 2.45) is 7.05 Å². The first-order valence-electron chi connectivity index (χ1n) is 8.12. The van der Waals surface area contributed by atoms with Crippen molar-refractivity contribution in [1.29, 1.82) is 0 Å². The number of hydrogen-bond donors (Lipinski definition) is 1. The smallest absolute Gasteiger partial charge is 0.255 e. The lowest BCUT2D eigenvalue weighted by Gasteiger charge is -2.12. The van der Waals surface area contributed by atoms with Crippen LogP contribution in [0.1, 0.15) is 40.2 Å². The number of carbonyl (C=O) groups excluding carboxylic acids is 1. The molecule has 2 heterocycles. The Morgan fingerprint density at radius 3 is 3.08 bits per heavy atom. The number of amides is 1. The number of halogens is 1. The predicted octanol–water partition coefficient (Wildman–Crippen LogP) is 3.11. The molecule has 1 aliphatic rings. The van der Waals surface area contributed by atoms with Gasteiger partial charge in [0.25, 0.3) is 5.91 Å². The molecular weight excluding hydrogens is 309 g/mol. The normalized spacial score (nSPS) is 13.9. The number of nitrogens with one attached hydrogen (secondary N) is 1. The van der Waals surface area contributed by atoms with E-state index >= 15 is 0 Å². The van der Waals surface area contributed by atoms with Crippen LogP contribution in [0.25, 0.3) is 11.0 Å². The molecule has 6 heteroatoms. The highest BCUT2D eigenvalue weighted by atomic mass is 19.1. The molecular formula is C18H18FN3O2. The van der Waals surface area contributed by atoms with Crippen LogP contribution in [-0.4, -0.2) is 15.7 Å². The van der Waals surface area contributed by atoms with Crippen molar-refractivity contribution in [2.75, 3.05) is 0 Å². The molecule has 0 saturated carbocycles. The summed E-state index contributed by atoms with van der Waals surface area (Å²) >= 11 is 0. The van der Waals surface area contributed by atoms with Crippen LogP contribution in [0.3, 0.4) is 0 Å². The average Bonchev–Trinajstić information content (AvgIpc) is 3.12. The Hall–Kier alpha value is -2.63. The Morgan fingerprint density at radius 2 is 2.21 bits per heavy atom. The van der Waals surface area contributed by atoms with Crippen LogP contribution in [0, 0.1) is 5.82 Å². The highest BCUT2D eigenvalue weighted by Crippen LogP contribution is 2.24. The summed E-state index contributed by atoms with van der Waals surface area (Å²) in [5.41, 5.74) is 4.26. The number of nitrogens with zero attached hydrogens (tertiary/aromatic N) is 2. The molecule has 0 bridgehead atoms. The molecule has 1 aromatic carbocycles. The maximum Gasteiger partial charge on any atom is 0.255 e. The topological polar surface area (TPSA) is 60.1 Å². The van der Waals surface area contributed by atoms with Gasteiger partial charge in [0.2, 0.25) is 0 Å². The summed E-state index contributed by atoms with van der Waals surface area (Å²) in [6.07, 6.45) is 5.74. The average molecular weight is 327 g/mol. The number of rotatable bonds is 3. The molecule has 24 heavy (non-hydrogen) atoms. The quantitative estimate of drug-likeness (QED) is 0.804. The first-order chi connectivity index (χ1) is 11.6. The summed E-state index contributed by atoms with van der Waals surface area (Å²) in [4.78, 5) is 12.5. The third kappa shape index (κ3) is 2.48. The van der Waals surface area contributed by atoms with Crippen LogP contribution in [0.2, 0.25) is 0 Å².